The van der Waals surface area contributed by atoms with E-state index in [4.69, 9.17) is 9.26 Å². The van der Waals surface area contributed by atoms with Crippen molar-refractivity contribution in [3.63, 3.8) is 0 Å². The van der Waals surface area contributed by atoms with Crippen LogP contribution >= 0.6 is 0 Å². The highest BCUT2D eigenvalue weighted by atomic mass is 16.5. The Bertz CT molecular complexity index is 726. The molecule has 1 aliphatic carbocycles. The molecule has 0 aromatic carbocycles. The van der Waals surface area contributed by atoms with Crippen LogP contribution in [0.5, 0.6) is 5.75 Å². The van der Waals surface area contributed by atoms with Gasteiger partial charge in [0.2, 0.25) is 5.89 Å². The van der Waals surface area contributed by atoms with E-state index >= 15 is 0 Å². The summed E-state index contributed by atoms with van der Waals surface area (Å²) >= 11 is 0. The van der Waals surface area contributed by atoms with E-state index in [0.717, 1.165) is 25.7 Å². The highest BCUT2D eigenvalue weighted by Crippen LogP contribution is 2.40. The number of carbonyl (C=O) groups is 1. The largest absolute Gasteiger partial charge is 0.497 e. The summed E-state index contributed by atoms with van der Waals surface area (Å²) < 4.78 is 10.5. The topological polar surface area (TPSA) is 81.4 Å². The van der Waals surface area contributed by atoms with Crippen LogP contribution < -0.4 is 4.74 Å². The molecule has 3 heterocycles. The molecule has 1 aliphatic heterocycles. The Labute approximate surface area is 133 Å². The maximum Gasteiger partial charge on any atom is 0.273 e. The Morgan fingerprint density at radius 1 is 1.39 bits per heavy atom. The minimum atomic E-state index is -0.133. The highest BCUT2D eigenvalue weighted by Gasteiger charge is 2.36. The zero-order valence-electron chi connectivity index (χ0n) is 12.9. The molecule has 0 bridgehead atoms. The lowest BCUT2D eigenvalue weighted by atomic mass is 10.2. The lowest BCUT2D eigenvalue weighted by molar-refractivity contribution is 0.0722. The highest BCUT2D eigenvalue weighted by molar-refractivity contribution is 5.93. The molecule has 2 aromatic rings. The Hall–Kier alpha value is -2.44. The number of amides is 1. The number of aromatic nitrogens is 3. The fourth-order valence-electron chi connectivity index (χ4n) is 2.96. The van der Waals surface area contributed by atoms with Gasteiger partial charge < -0.3 is 14.2 Å². The number of nitrogens with zero attached hydrogens (tertiary/aromatic N) is 4. The molecule has 0 radical (unpaired) electrons. The van der Waals surface area contributed by atoms with E-state index in [1.165, 1.54) is 0 Å². The summed E-state index contributed by atoms with van der Waals surface area (Å²) in [6, 6.07) is 3.25. The minimum absolute atomic E-state index is 0.121. The second kappa shape index (κ2) is 5.64. The predicted molar refractivity (Wildman–Crippen MR) is 80.1 cm³/mol. The summed E-state index contributed by atoms with van der Waals surface area (Å²) in [5.74, 6) is 2.24. The molecule has 0 unspecified atom stereocenters. The average molecular weight is 314 g/mol. The van der Waals surface area contributed by atoms with Crippen LogP contribution in [0.15, 0.2) is 22.9 Å². The van der Waals surface area contributed by atoms with Gasteiger partial charge >= 0.3 is 0 Å². The number of pyridine rings is 1. The smallest absolute Gasteiger partial charge is 0.273 e. The fourth-order valence-corrected chi connectivity index (χ4v) is 2.96. The van der Waals surface area contributed by atoms with Crippen LogP contribution in [-0.4, -0.2) is 39.6 Å². The maximum atomic E-state index is 12.8. The van der Waals surface area contributed by atoms with Gasteiger partial charge in [0.1, 0.15) is 11.4 Å². The fraction of sp³-hybridized carbons (Fsp3) is 0.500. The monoisotopic (exact) mass is 314 g/mol. The van der Waals surface area contributed by atoms with Crippen LogP contribution in [0.2, 0.25) is 0 Å². The van der Waals surface area contributed by atoms with Crippen molar-refractivity contribution in [2.75, 3.05) is 13.7 Å². The summed E-state index contributed by atoms with van der Waals surface area (Å²) in [5, 5.41) is 4.09. The van der Waals surface area contributed by atoms with Gasteiger partial charge in [-0.05, 0) is 31.7 Å². The summed E-state index contributed by atoms with van der Waals surface area (Å²) in [6.07, 6.45) is 5.58. The molecule has 23 heavy (non-hydrogen) atoms. The predicted octanol–water partition coefficient (Wildman–Crippen LogP) is 2.33. The molecule has 7 nitrogen and oxygen atoms in total. The van der Waals surface area contributed by atoms with Gasteiger partial charge in [-0.1, -0.05) is 5.16 Å². The van der Waals surface area contributed by atoms with Crippen molar-refractivity contribution in [2.45, 2.75) is 37.6 Å². The Morgan fingerprint density at radius 3 is 3.04 bits per heavy atom. The van der Waals surface area contributed by atoms with Gasteiger partial charge in [-0.3, -0.25) is 9.78 Å². The SMILES string of the molecule is COc1ccnc(C(=O)N2CCC[C@H]2c2noc(C3CC3)n2)c1. The molecule has 1 atom stereocenters. The number of rotatable bonds is 4. The normalized spacial score (nSPS) is 20.7. The molecule has 2 fully saturated rings. The van der Waals surface area contributed by atoms with E-state index in [2.05, 4.69) is 15.1 Å². The zero-order chi connectivity index (χ0) is 15.8. The first-order valence-electron chi connectivity index (χ1n) is 7.91. The molecule has 7 heteroatoms. The molecule has 2 aliphatic rings. The number of carbonyl (C=O) groups excluding carboxylic acids is 1. The third-order valence-electron chi connectivity index (χ3n) is 4.38. The number of hydrogen-bond acceptors (Lipinski definition) is 6. The second-order valence-electron chi connectivity index (χ2n) is 6.00. The van der Waals surface area contributed by atoms with Crippen LogP contribution in [0.1, 0.15) is 59.8 Å². The van der Waals surface area contributed by atoms with Gasteiger partial charge in [-0.2, -0.15) is 4.98 Å². The number of methoxy groups -OCH3 is 1. The van der Waals surface area contributed by atoms with E-state index in [1.807, 2.05) is 0 Å². The van der Waals surface area contributed by atoms with Gasteiger partial charge in [-0.25, -0.2) is 0 Å². The Kier molecular flexibility index (Phi) is 3.48. The standard InChI is InChI=1S/C16H18N4O3/c1-22-11-6-7-17-12(9-11)16(21)20-8-2-3-13(20)14-18-15(23-19-14)10-4-5-10/h6-7,9-10,13H,2-5,8H2,1H3/t13-/m0/s1. The first kappa shape index (κ1) is 14.2. The van der Waals surface area contributed by atoms with Crippen LogP contribution in [0, 0.1) is 0 Å². The van der Waals surface area contributed by atoms with E-state index in [1.54, 1.807) is 30.3 Å². The molecule has 0 N–H and O–H groups in total. The van der Waals surface area contributed by atoms with Crippen LogP contribution in [0.3, 0.4) is 0 Å². The first-order valence-corrected chi connectivity index (χ1v) is 7.91. The van der Waals surface area contributed by atoms with Crippen LogP contribution in [0.25, 0.3) is 0 Å². The van der Waals surface area contributed by atoms with Crippen LogP contribution in [-0.2, 0) is 0 Å². The third-order valence-corrected chi connectivity index (χ3v) is 4.38. The van der Waals surface area contributed by atoms with Crippen molar-refractivity contribution in [3.05, 3.63) is 35.7 Å². The maximum absolute atomic E-state index is 12.8. The number of hydrogen-bond donors (Lipinski definition) is 0. The molecule has 1 saturated carbocycles. The van der Waals surface area contributed by atoms with Crippen molar-refractivity contribution in [2.24, 2.45) is 0 Å². The van der Waals surface area contributed by atoms with E-state index in [9.17, 15) is 4.79 Å². The quantitative estimate of drug-likeness (QED) is 0.861. The van der Waals surface area contributed by atoms with Crippen molar-refractivity contribution in [1.82, 2.24) is 20.0 Å². The van der Waals surface area contributed by atoms with Crippen LogP contribution in [0.4, 0.5) is 0 Å². The van der Waals surface area contributed by atoms with Gasteiger partial charge in [0.05, 0.1) is 13.2 Å². The summed E-state index contributed by atoms with van der Waals surface area (Å²) in [6.45, 7) is 0.676. The van der Waals surface area contributed by atoms with Crippen molar-refractivity contribution >= 4 is 5.91 Å². The van der Waals surface area contributed by atoms with Gasteiger partial charge in [0.25, 0.3) is 5.91 Å². The Balaban J connectivity index is 1.57. The zero-order valence-corrected chi connectivity index (χ0v) is 12.9. The minimum Gasteiger partial charge on any atom is -0.497 e. The number of likely N-dealkylation sites (tertiary alicyclic amines) is 1. The lowest BCUT2D eigenvalue weighted by Gasteiger charge is -2.21. The summed E-state index contributed by atoms with van der Waals surface area (Å²) in [4.78, 5) is 23.2. The van der Waals surface area contributed by atoms with Crippen molar-refractivity contribution < 1.29 is 14.1 Å². The average Bonchev–Trinajstić information content (AvgIpc) is 3.13. The first-order chi connectivity index (χ1) is 11.3. The van der Waals surface area contributed by atoms with Crippen molar-refractivity contribution in [1.29, 1.82) is 0 Å². The van der Waals surface area contributed by atoms with Crippen molar-refractivity contribution in [3.8, 4) is 5.75 Å². The molecule has 0 spiro atoms. The molecule has 1 amide bonds. The molecule has 1 saturated heterocycles. The summed E-state index contributed by atoms with van der Waals surface area (Å²) in [7, 11) is 1.57. The van der Waals surface area contributed by atoms with E-state index < -0.39 is 0 Å². The molecule has 120 valence electrons. The molecular formula is C16H18N4O3. The summed E-state index contributed by atoms with van der Waals surface area (Å²) in [5.41, 5.74) is 0.377. The van der Waals surface area contributed by atoms with E-state index in [-0.39, 0.29) is 11.9 Å². The lowest BCUT2D eigenvalue weighted by Crippen LogP contribution is -2.31. The van der Waals surface area contributed by atoms with E-state index in [0.29, 0.717) is 35.6 Å². The van der Waals surface area contributed by atoms with Gasteiger partial charge in [0.15, 0.2) is 5.82 Å². The Morgan fingerprint density at radius 2 is 2.26 bits per heavy atom. The molecular weight excluding hydrogens is 296 g/mol. The second-order valence-corrected chi connectivity index (χ2v) is 6.00. The van der Waals surface area contributed by atoms with Gasteiger partial charge in [0, 0.05) is 24.7 Å². The number of ether oxygens (including phenoxy) is 1. The molecule has 4 rings (SSSR count). The third kappa shape index (κ3) is 2.67. The van der Waals surface area contributed by atoms with Gasteiger partial charge in [-0.15, -0.1) is 0 Å². The molecule has 2 aromatic heterocycles.